The van der Waals surface area contributed by atoms with Crippen LogP contribution in [0.5, 0.6) is 0 Å². The van der Waals surface area contributed by atoms with Gasteiger partial charge in [0.15, 0.2) is 0 Å². The van der Waals surface area contributed by atoms with E-state index >= 15 is 0 Å². The van der Waals surface area contributed by atoms with Crippen LogP contribution in [0.15, 0.2) is 18.2 Å². The van der Waals surface area contributed by atoms with Gasteiger partial charge in [-0.05, 0) is 32.1 Å². The molecule has 98 valence electrons. The Hall–Kier alpha value is -1.37. The highest BCUT2D eigenvalue weighted by Gasteiger charge is 2.05. The SMILES string of the molecule is CCCCN(C)Cc1ccc(C#CCO)cc1F. The molecule has 0 aromatic heterocycles. The molecule has 0 unspecified atom stereocenters. The summed E-state index contributed by atoms with van der Waals surface area (Å²) in [6.07, 6.45) is 2.26. The number of aliphatic hydroxyl groups is 1. The number of rotatable bonds is 5. The van der Waals surface area contributed by atoms with Crippen molar-refractivity contribution in [3.05, 3.63) is 35.1 Å². The molecule has 0 aliphatic carbocycles. The van der Waals surface area contributed by atoms with Crippen molar-refractivity contribution in [2.24, 2.45) is 0 Å². The van der Waals surface area contributed by atoms with Crippen molar-refractivity contribution >= 4 is 0 Å². The first-order chi connectivity index (χ1) is 8.67. The van der Waals surface area contributed by atoms with Gasteiger partial charge in [0.25, 0.3) is 0 Å². The highest BCUT2D eigenvalue weighted by molar-refractivity contribution is 5.37. The molecule has 0 aliphatic heterocycles. The van der Waals surface area contributed by atoms with Gasteiger partial charge in [-0.15, -0.1) is 0 Å². The van der Waals surface area contributed by atoms with Gasteiger partial charge < -0.3 is 10.0 Å². The smallest absolute Gasteiger partial charge is 0.128 e. The molecule has 0 fully saturated rings. The lowest BCUT2D eigenvalue weighted by Gasteiger charge is -2.16. The van der Waals surface area contributed by atoms with Crippen LogP contribution in [0.3, 0.4) is 0 Å². The number of halogens is 1. The van der Waals surface area contributed by atoms with Crippen molar-refractivity contribution in [2.45, 2.75) is 26.3 Å². The van der Waals surface area contributed by atoms with E-state index in [0.29, 0.717) is 17.7 Å². The van der Waals surface area contributed by atoms with Crippen LogP contribution in [0.1, 0.15) is 30.9 Å². The summed E-state index contributed by atoms with van der Waals surface area (Å²) in [7, 11) is 1.99. The lowest BCUT2D eigenvalue weighted by Crippen LogP contribution is -2.19. The quantitative estimate of drug-likeness (QED) is 0.810. The zero-order chi connectivity index (χ0) is 13.4. The normalized spacial score (nSPS) is 10.3. The molecular formula is C15H20FNO. The van der Waals surface area contributed by atoms with Crippen molar-refractivity contribution < 1.29 is 9.50 Å². The molecule has 0 bridgehead atoms. The largest absolute Gasteiger partial charge is 0.384 e. The van der Waals surface area contributed by atoms with Gasteiger partial charge in [-0.2, -0.15) is 0 Å². The molecule has 18 heavy (non-hydrogen) atoms. The van der Waals surface area contributed by atoms with Gasteiger partial charge in [0.2, 0.25) is 0 Å². The molecule has 2 nitrogen and oxygen atoms in total. The lowest BCUT2D eigenvalue weighted by atomic mass is 10.1. The third-order valence-electron chi connectivity index (χ3n) is 2.70. The zero-order valence-electron chi connectivity index (χ0n) is 11.0. The summed E-state index contributed by atoms with van der Waals surface area (Å²) in [5.41, 5.74) is 1.28. The lowest BCUT2D eigenvalue weighted by molar-refractivity contribution is 0.315. The average molecular weight is 249 g/mol. The molecule has 1 aromatic rings. The van der Waals surface area contributed by atoms with Crippen LogP contribution in [-0.4, -0.2) is 30.2 Å². The topological polar surface area (TPSA) is 23.5 Å². The van der Waals surface area contributed by atoms with E-state index in [4.69, 9.17) is 5.11 Å². The molecular weight excluding hydrogens is 229 g/mol. The Morgan fingerprint density at radius 2 is 2.17 bits per heavy atom. The number of hydrogen-bond acceptors (Lipinski definition) is 2. The maximum absolute atomic E-state index is 13.8. The van der Waals surface area contributed by atoms with E-state index in [2.05, 4.69) is 23.7 Å². The van der Waals surface area contributed by atoms with Crippen molar-refractivity contribution in [3.8, 4) is 11.8 Å². The minimum absolute atomic E-state index is 0.205. The van der Waals surface area contributed by atoms with Gasteiger partial charge in [0.1, 0.15) is 12.4 Å². The van der Waals surface area contributed by atoms with Crippen molar-refractivity contribution in [2.75, 3.05) is 20.2 Å². The monoisotopic (exact) mass is 249 g/mol. The Kier molecular flexibility index (Phi) is 6.42. The number of unbranched alkanes of at least 4 members (excludes halogenated alkanes) is 1. The Morgan fingerprint density at radius 3 is 2.78 bits per heavy atom. The molecule has 0 spiro atoms. The molecule has 0 atom stereocenters. The number of nitrogens with zero attached hydrogens (tertiary/aromatic N) is 1. The molecule has 0 radical (unpaired) electrons. The molecule has 0 saturated heterocycles. The second-order valence-electron chi connectivity index (χ2n) is 4.36. The summed E-state index contributed by atoms with van der Waals surface area (Å²) < 4.78 is 13.8. The molecule has 3 heteroatoms. The molecule has 1 aromatic carbocycles. The highest BCUT2D eigenvalue weighted by atomic mass is 19.1. The fraction of sp³-hybridized carbons (Fsp3) is 0.467. The first kappa shape index (κ1) is 14.7. The van der Waals surface area contributed by atoms with Crippen molar-refractivity contribution in [1.29, 1.82) is 0 Å². The summed E-state index contributed by atoms with van der Waals surface area (Å²) in [6, 6.07) is 4.97. The Labute approximate surface area is 108 Å². The van der Waals surface area contributed by atoms with E-state index in [0.717, 1.165) is 19.4 Å². The van der Waals surface area contributed by atoms with E-state index < -0.39 is 0 Å². The zero-order valence-corrected chi connectivity index (χ0v) is 11.0. The Bertz CT molecular complexity index is 434. The first-order valence-electron chi connectivity index (χ1n) is 6.24. The van der Waals surface area contributed by atoms with Crippen molar-refractivity contribution in [1.82, 2.24) is 4.90 Å². The molecule has 0 saturated carbocycles. The summed E-state index contributed by atoms with van der Waals surface area (Å²) in [6.45, 7) is 3.52. The summed E-state index contributed by atoms with van der Waals surface area (Å²) in [5.74, 6) is 4.97. The molecule has 1 N–H and O–H groups in total. The third-order valence-corrected chi connectivity index (χ3v) is 2.70. The van der Waals surface area contributed by atoms with Crippen LogP contribution in [0.4, 0.5) is 4.39 Å². The second-order valence-corrected chi connectivity index (χ2v) is 4.36. The fourth-order valence-corrected chi connectivity index (χ4v) is 1.69. The van der Waals surface area contributed by atoms with Gasteiger partial charge in [-0.3, -0.25) is 0 Å². The van der Waals surface area contributed by atoms with Crippen molar-refractivity contribution in [3.63, 3.8) is 0 Å². The number of hydrogen-bond donors (Lipinski definition) is 1. The molecule has 0 heterocycles. The number of aliphatic hydroxyl groups excluding tert-OH is 1. The Balaban J connectivity index is 2.67. The van der Waals surface area contributed by atoms with Crippen LogP contribution in [0.2, 0.25) is 0 Å². The summed E-state index contributed by atoms with van der Waals surface area (Å²) >= 11 is 0. The third kappa shape index (κ3) is 4.87. The van der Waals surface area contributed by atoms with Gasteiger partial charge >= 0.3 is 0 Å². The summed E-state index contributed by atoms with van der Waals surface area (Å²) in [4.78, 5) is 2.11. The van der Waals surface area contributed by atoms with Gasteiger partial charge in [-0.25, -0.2) is 4.39 Å². The van der Waals surface area contributed by atoms with Crippen LogP contribution < -0.4 is 0 Å². The minimum Gasteiger partial charge on any atom is -0.384 e. The van der Waals surface area contributed by atoms with E-state index in [1.807, 2.05) is 7.05 Å². The second kappa shape index (κ2) is 7.86. The Morgan fingerprint density at radius 1 is 1.39 bits per heavy atom. The van der Waals surface area contributed by atoms with E-state index in [1.165, 1.54) is 6.07 Å². The minimum atomic E-state index is -0.233. The molecule has 0 amide bonds. The fourth-order valence-electron chi connectivity index (χ4n) is 1.69. The molecule has 0 aliphatic rings. The van der Waals surface area contributed by atoms with Crippen LogP contribution in [0, 0.1) is 17.7 Å². The first-order valence-corrected chi connectivity index (χ1v) is 6.24. The van der Waals surface area contributed by atoms with E-state index in [1.54, 1.807) is 12.1 Å². The van der Waals surface area contributed by atoms with E-state index in [9.17, 15) is 4.39 Å². The predicted molar refractivity (Wildman–Crippen MR) is 71.6 cm³/mol. The maximum atomic E-state index is 13.8. The predicted octanol–water partition coefficient (Wildman–Crippen LogP) is 2.40. The van der Waals surface area contributed by atoms with Crippen LogP contribution >= 0.6 is 0 Å². The standard InChI is InChI=1S/C15H20FNO/c1-3-4-9-17(2)12-14-8-7-13(6-5-10-18)11-15(14)16/h7-8,11,18H,3-4,9-10,12H2,1-2H3. The van der Waals surface area contributed by atoms with Crippen LogP contribution in [-0.2, 0) is 6.54 Å². The van der Waals surface area contributed by atoms with Gasteiger partial charge in [0.05, 0.1) is 0 Å². The summed E-state index contributed by atoms with van der Waals surface area (Å²) in [5, 5.41) is 8.58. The number of benzene rings is 1. The van der Waals surface area contributed by atoms with E-state index in [-0.39, 0.29) is 12.4 Å². The highest BCUT2D eigenvalue weighted by Crippen LogP contribution is 2.12. The van der Waals surface area contributed by atoms with Gasteiger partial charge in [0, 0.05) is 17.7 Å². The average Bonchev–Trinajstić information content (AvgIpc) is 2.36. The molecule has 1 rings (SSSR count). The maximum Gasteiger partial charge on any atom is 0.128 e. The van der Waals surface area contributed by atoms with Gasteiger partial charge in [-0.1, -0.05) is 31.3 Å². The van der Waals surface area contributed by atoms with Crippen LogP contribution in [0.25, 0.3) is 0 Å².